The lowest BCUT2D eigenvalue weighted by Gasteiger charge is -2.61. The summed E-state index contributed by atoms with van der Waals surface area (Å²) in [6, 6.07) is 4.14. The number of hydrogen-bond donors (Lipinski definition) is 0. The smallest absolute Gasteiger partial charge is 0.210 e. The van der Waals surface area contributed by atoms with E-state index in [1.807, 2.05) is 23.1 Å². The van der Waals surface area contributed by atoms with Crippen LogP contribution in [0.4, 0.5) is 11.4 Å². The molecule has 5 fully saturated rings. The second-order valence-electron chi connectivity index (χ2n) is 10.4. The summed E-state index contributed by atoms with van der Waals surface area (Å²) in [5.41, 5.74) is 4.19. The van der Waals surface area contributed by atoms with Crippen molar-refractivity contribution in [2.75, 3.05) is 44.3 Å². The molecular weight excluding hydrogens is 402 g/mol. The van der Waals surface area contributed by atoms with E-state index in [-0.39, 0.29) is 11.1 Å². The fraction of sp³-hybridized carbons (Fsp3) is 0.542. The minimum absolute atomic E-state index is 0.178. The predicted octanol–water partition coefficient (Wildman–Crippen LogP) is 3.19. The van der Waals surface area contributed by atoms with Gasteiger partial charge in [-0.05, 0) is 44.2 Å². The summed E-state index contributed by atoms with van der Waals surface area (Å²) in [6.45, 7) is 15.5. The third-order valence-electron chi connectivity index (χ3n) is 8.30. The van der Waals surface area contributed by atoms with Gasteiger partial charge in [0, 0.05) is 37.3 Å². The first-order valence-electron chi connectivity index (χ1n) is 11.6. The molecule has 1 aromatic carbocycles. The molecule has 3 aliphatic carbocycles. The Hall–Kier alpha value is -2.89. The fourth-order valence-corrected chi connectivity index (χ4v) is 6.06. The van der Waals surface area contributed by atoms with Crippen molar-refractivity contribution in [2.45, 2.75) is 37.3 Å². The van der Waals surface area contributed by atoms with E-state index < -0.39 is 0 Å². The highest BCUT2D eigenvalue weighted by Crippen LogP contribution is 2.62. The molecule has 8 rings (SSSR count). The summed E-state index contributed by atoms with van der Waals surface area (Å²) in [5, 5.41) is 10.3. The van der Waals surface area contributed by atoms with Crippen LogP contribution in [0.5, 0.6) is 0 Å². The predicted molar refractivity (Wildman–Crippen MR) is 121 cm³/mol. The van der Waals surface area contributed by atoms with E-state index in [2.05, 4.69) is 48.7 Å². The number of ether oxygens (including phenoxy) is 1. The van der Waals surface area contributed by atoms with Crippen LogP contribution in [0, 0.1) is 12.5 Å². The molecule has 2 aromatic heterocycles. The van der Waals surface area contributed by atoms with E-state index in [1.54, 1.807) is 0 Å². The Balaban J connectivity index is 1.20. The molecule has 5 aliphatic rings. The van der Waals surface area contributed by atoms with Gasteiger partial charge in [-0.2, -0.15) is 10.2 Å². The molecule has 3 saturated carbocycles. The molecule has 0 amide bonds. The molecule has 3 aromatic rings. The third-order valence-corrected chi connectivity index (χ3v) is 8.30. The molecule has 0 radical (unpaired) electrons. The van der Waals surface area contributed by atoms with Crippen LogP contribution in [-0.2, 0) is 10.3 Å². The lowest BCUT2D eigenvalue weighted by Crippen LogP contribution is -2.64. The van der Waals surface area contributed by atoms with E-state index in [0.29, 0.717) is 5.69 Å². The Kier molecular flexibility index (Phi) is 3.69. The van der Waals surface area contributed by atoms with E-state index in [1.165, 1.54) is 19.3 Å². The minimum Gasteiger partial charge on any atom is -0.378 e. The zero-order valence-electron chi connectivity index (χ0n) is 18.4. The summed E-state index contributed by atoms with van der Waals surface area (Å²) in [5.74, 6) is 0.919. The first-order valence-corrected chi connectivity index (χ1v) is 11.6. The topological polar surface area (TPSA) is 55.7 Å². The highest BCUT2D eigenvalue weighted by Gasteiger charge is 2.58. The van der Waals surface area contributed by atoms with Gasteiger partial charge in [-0.1, -0.05) is 0 Å². The monoisotopic (exact) mass is 429 g/mol. The molecule has 2 saturated heterocycles. The maximum atomic E-state index is 7.76. The Morgan fingerprint density at radius 3 is 2.47 bits per heavy atom. The van der Waals surface area contributed by atoms with Crippen LogP contribution in [0.25, 0.3) is 21.4 Å². The molecule has 0 N–H and O–H groups in total. The normalized spacial score (nSPS) is 28.6. The standard InChI is InChI=1S/C24H27N7O/c1-23(15-32-16-23)29-5-3-28(4-6-29)22-8-21-18(7-20(22)25-2)12-27-31(21)19-13-26-30(14-19)24-9-17(10-24)11-24/h7-8,12-14,17H,3-6,9-11,15-16H2,1H3. The number of aromatic nitrogens is 4. The lowest BCUT2D eigenvalue weighted by molar-refractivity contribution is -0.131. The first-order chi connectivity index (χ1) is 15.6. The van der Waals surface area contributed by atoms with Gasteiger partial charge in [0.2, 0.25) is 5.69 Å². The zero-order valence-corrected chi connectivity index (χ0v) is 18.4. The van der Waals surface area contributed by atoms with Gasteiger partial charge in [0.1, 0.15) is 5.69 Å². The van der Waals surface area contributed by atoms with Gasteiger partial charge < -0.3 is 9.64 Å². The van der Waals surface area contributed by atoms with Crippen LogP contribution < -0.4 is 4.90 Å². The largest absolute Gasteiger partial charge is 0.378 e. The molecule has 164 valence electrons. The van der Waals surface area contributed by atoms with Crippen molar-refractivity contribution in [3.8, 4) is 5.69 Å². The van der Waals surface area contributed by atoms with Gasteiger partial charge in [0.25, 0.3) is 0 Å². The van der Waals surface area contributed by atoms with Crippen LogP contribution in [0.2, 0.25) is 0 Å². The molecule has 2 aliphatic heterocycles. The SMILES string of the molecule is [C-]#[N+]c1cc2cnn(-c3cnn(C45CC(C4)C5)c3)c2cc1N1CCN(C2(C)COC2)CC1. The average Bonchev–Trinajstić information content (AvgIpc) is 3.35. The van der Waals surface area contributed by atoms with Gasteiger partial charge in [0.15, 0.2) is 0 Å². The zero-order chi connectivity index (χ0) is 21.5. The van der Waals surface area contributed by atoms with Gasteiger partial charge >= 0.3 is 0 Å². The Bertz CT molecular complexity index is 1240. The number of piperazine rings is 1. The molecule has 8 heteroatoms. The number of anilines is 1. The number of fused-ring (bicyclic) bond motifs is 1. The Morgan fingerprint density at radius 1 is 1.06 bits per heavy atom. The molecule has 32 heavy (non-hydrogen) atoms. The summed E-state index contributed by atoms with van der Waals surface area (Å²) in [6.07, 6.45) is 9.73. The van der Waals surface area contributed by atoms with Crippen molar-refractivity contribution in [1.82, 2.24) is 24.5 Å². The third kappa shape index (κ3) is 2.49. The number of benzene rings is 1. The van der Waals surface area contributed by atoms with E-state index in [0.717, 1.165) is 67.6 Å². The lowest BCUT2D eigenvalue weighted by atomic mass is 9.50. The van der Waals surface area contributed by atoms with Crippen molar-refractivity contribution >= 4 is 22.3 Å². The molecule has 8 nitrogen and oxygen atoms in total. The summed E-state index contributed by atoms with van der Waals surface area (Å²) >= 11 is 0. The molecule has 0 spiro atoms. The van der Waals surface area contributed by atoms with Crippen molar-refractivity contribution in [3.05, 3.63) is 42.1 Å². The Labute approximate surface area is 187 Å². The van der Waals surface area contributed by atoms with Crippen LogP contribution in [0.3, 0.4) is 0 Å². The molecule has 2 bridgehead atoms. The van der Waals surface area contributed by atoms with Gasteiger partial charge in [0.05, 0.1) is 55.0 Å². The molecule has 0 unspecified atom stereocenters. The second kappa shape index (κ2) is 6.33. The van der Waals surface area contributed by atoms with Gasteiger partial charge in [-0.15, -0.1) is 0 Å². The van der Waals surface area contributed by atoms with Crippen LogP contribution >= 0.6 is 0 Å². The van der Waals surface area contributed by atoms with Crippen molar-refractivity contribution in [1.29, 1.82) is 0 Å². The van der Waals surface area contributed by atoms with Crippen LogP contribution in [-0.4, -0.2) is 69.4 Å². The van der Waals surface area contributed by atoms with Gasteiger partial charge in [-0.25, -0.2) is 9.53 Å². The number of nitrogens with zero attached hydrogens (tertiary/aromatic N) is 7. The average molecular weight is 430 g/mol. The summed E-state index contributed by atoms with van der Waals surface area (Å²) < 4.78 is 9.60. The first kappa shape index (κ1) is 18.7. The summed E-state index contributed by atoms with van der Waals surface area (Å²) in [4.78, 5) is 8.74. The number of rotatable bonds is 4. The van der Waals surface area contributed by atoms with E-state index >= 15 is 0 Å². The van der Waals surface area contributed by atoms with E-state index in [9.17, 15) is 0 Å². The molecule has 4 heterocycles. The maximum absolute atomic E-state index is 7.76. The molecule has 0 atom stereocenters. The van der Waals surface area contributed by atoms with Crippen molar-refractivity contribution < 1.29 is 4.74 Å². The quantitative estimate of drug-likeness (QED) is 0.596. The fourth-order valence-electron chi connectivity index (χ4n) is 6.06. The molecular formula is C24H27N7O. The summed E-state index contributed by atoms with van der Waals surface area (Å²) in [7, 11) is 0. The second-order valence-corrected chi connectivity index (χ2v) is 10.4. The Morgan fingerprint density at radius 2 is 1.84 bits per heavy atom. The highest BCUT2D eigenvalue weighted by atomic mass is 16.5. The van der Waals surface area contributed by atoms with Crippen LogP contribution in [0.15, 0.2) is 30.7 Å². The van der Waals surface area contributed by atoms with Crippen LogP contribution in [0.1, 0.15) is 26.2 Å². The minimum atomic E-state index is 0.178. The highest BCUT2D eigenvalue weighted by molar-refractivity contribution is 5.91. The maximum Gasteiger partial charge on any atom is 0.210 e. The number of hydrogen-bond acceptors (Lipinski definition) is 5. The van der Waals surface area contributed by atoms with Crippen molar-refractivity contribution in [3.63, 3.8) is 0 Å². The van der Waals surface area contributed by atoms with Gasteiger partial charge in [-0.3, -0.25) is 9.58 Å². The van der Waals surface area contributed by atoms with E-state index in [4.69, 9.17) is 11.3 Å². The van der Waals surface area contributed by atoms with Crippen molar-refractivity contribution in [2.24, 2.45) is 5.92 Å².